The second-order valence-electron chi connectivity index (χ2n) is 8.13. The highest BCUT2D eigenvalue weighted by atomic mass is 79.9. The Morgan fingerprint density at radius 1 is 1.09 bits per heavy atom. The van der Waals surface area contributed by atoms with Crippen LogP contribution in [0.1, 0.15) is 27.2 Å². The number of nitrogens with zero attached hydrogens (tertiary/aromatic N) is 2. The summed E-state index contributed by atoms with van der Waals surface area (Å²) >= 11 is 3.46. The molecule has 2 aromatic heterocycles. The fourth-order valence-corrected chi connectivity index (χ4v) is 4.31. The van der Waals surface area contributed by atoms with Crippen molar-refractivity contribution in [2.24, 2.45) is 0 Å². The summed E-state index contributed by atoms with van der Waals surface area (Å²) in [4.78, 5) is 13.0. The summed E-state index contributed by atoms with van der Waals surface area (Å²) in [6.45, 7) is 3.82. The van der Waals surface area contributed by atoms with Gasteiger partial charge < -0.3 is 9.73 Å². The van der Waals surface area contributed by atoms with Crippen LogP contribution in [0, 0.1) is 19.7 Å². The van der Waals surface area contributed by atoms with Crippen molar-refractivity contribution in [3.8, 4) is 16.9 Å². The summed E-state index contributed by atoms with van der Waals surface area (Å²) in [5.74, 6) is -0.297. The summed E-state index contributed by atoms with van der Waals surface area (Å²) < 4.78 is 22.4. The molecule has 0 unspecified atom stereocenters. The zero-order valence-corrected chi connectivity index (χ0v) is 20.2. The molecule has 34 heavy (non-hydrogen) atoms. The largest absolute Gasteiger partial charge is 0.451 e. The molecular formula is C27H21BrFN3O2. The van der Waals surface area contributed by atoms with Gasteiger partial charge in [0.1, 0.15) is 11.4 Å². The second-order valence-corrected chi connectivity index (χ2v) is 9.04. The summed E-state index contributed by atoms with van der Waals surface area (Å²) in [6.07, 6.45) is 1.88. The minimum Gasteiger partial charge on any atom is -0.451 e. The van der Waals surface area contributed by atoms with E-state index in [2.05, 4.69) is 21.2 Å². The van der Waals surface area contributed by atoms with E-state index in [9.17, 15) is 9.18 Å². The minimum atomic E-state index is -0.307. The highest BCUT2D eigenvalue weighted by molar-refractivity contribution is 9.10. The molecule has 3 aromatic carbocycles. The second kappa shape index (κ2) is 8.91. The van der Waals surface area contributed by atoms with E-state index in [1.165, 1.54) is 6.07 Å². The summed E-state index contributed by atoms with van der Waals surface area (Å²) in [7, 11) is 0. The smallest absolute Gasteiger partial charge is 0.287 e. The van der Waals surface area contributed by atoms with Gasteiger partial charge in [-0.1, -0.05) is 34.1 Å². The SMILES string of the molecule is Cc1cc(-c2nn(-c3ccccc3)cc2CNC(=O)c2oc3ccc(Br)cc3c2C)ccc1F. The van der Waals surface area contributed by atoms with E-state index in [0.717, 1.165) is 32.2 Å². The lowest BCUT2D eigenvalue weighted by Crippen LogP contribution is -2.23. The van der Waals surface area contributed by atoms with Gasteiger partial charge in [0, 0.05) is 39.3 Å². The van der Waals surface area contributed by atoms with E-state index in [1.54, 1.807) is 23.7 Å². The number of rotatable bonds is 5. The molecule has 7 heteroatoms. The molecule has 170 valence electrons. The lowest BCUT2D eigenvalue weighted by molar-refractivity contribution is 0.0924. The molecule has 0 spiro atoms. The molecule has 2 heterocycles. The molecule has 5 nitrogen and oxygen atoms in total. The maximum absolute atomic E-state index is 13.9. The first kappa shape index (κ1) is 22.1. The van der Waals surface area contributed by atoms with Gasteiger partial charge in [0.15, 0.2) is 5.76 Å². The molecule has 0 saturated heterocycles. The number of halogens is 2. The molecule has 0 radical (unpaired) electrons. The maximum atomic E-state index is 13.9. The molecule has 0 aliphatic heterocycles. The summed E-state index contributed by atoms with van der Waals surface area (Å²) in [6, 6.07) is 20.2. The summed E-state index contributed by atoms with van der Waals surface area (Å²) in [5, 5.41) is 8.60. The Bertz CT molecular complexity index is 1520. The number of aryl methyl sites for hydroxylation is 2. The number of hydrogen-bond acceptors (Lipinski definition) is 3. The van der Waals surface area contributed by atoms with Gasteiger partial charge in [-0.15, -0.1) is 0 Å². The van der Waals surface area contributed by atoms with Gasteiger partial charge in [-0.25, -0.2) is 9.07 Å². The molecule has 0 aliphatic rings. The van der Waals surface area contributed by atoms with Gasteiger partial charge in [-0.05, 0) is 67.9 Å². The van der Waals surface area contributed by atoms with Crippen molar-refractivity contribution in [3.05, 3.63) is 106 Å². The van der Waals surface area contributed by atoms with E-state index in [0.29, 0.717) is 16.8 Å². The molecule has 5 aromatic rings. The Labute approximate surface area is 204 Å². The molecule has 0 aliphatic carbocycles. The Hall–Kier alpha value is -3.71. The summed E-state index contributed by atoms with van der Waals surface area (Å²) in [5.41, 5.74) is 5.12. The van der Waals surface area contributed by atoms with Gasteiger partial charge >= 0.3 is 0 Å². The van der Waals surface area contributed by atoms with Crippen molar-refractivity contribution >= 4 is 32.8 Å². The standard InChI is InChI=1S/C27H21BrFN3O2/c1-16-12-18(8-10-23(16)29)25-19(15-32(31-25)21-6-4-3-5-7-21)14-30-27(33)26-17(2)22-13-20(28)9-11-24(22)34-26/h3-13,15H,14H2,1-2H3,(H,30,33). The van der Waals surface area contributed by atoms with Crippen molar-refractivity contribution in [1.29, 1.82) is 0 Å². The van der Waals surface area contributed by atoms with Crippen LogP contribution in [0.5, 0.6) is 0 Å². The normalized spacial score (nSPS) is 11.2. The zero-order chi connectivity index (χ0) is 23.8. The molecule has 0 fully saturated rings. The predicted octanol–water partition coefficient (Wildman–Crippen LogP) is 6.73. The number of hydrogen-bond donors (Lipinski definition) is 1. The molecule has 1 amide bonds. The van der Waals surface area contributed by atoms with Crippen molar-refractivity contribution < 1.29 is 13.6 Å². The first-order chi connectivity index (χ1) is 16.4. The number of carbonyl (C=O) groups excluding carboxylic acids is 1. The number of amides is 1. The van der Waals surface area contributed by atoms with Crippen LogP contribution in [0.3, 0.4) is 0 Å². The predicted molar refractivity (Wildman–Crippen MR) is 134 cm³/mol. The molecule has 0 atom stereocenters. The van der Waals surface area contributed by atoms with E-state index >= 15 is 0 Å². The minimum absolute atomic E-state index is 0.234. The fourth-order valence-electron chi connectivity index (χ4n) is 3.95. The molecule has 5 rings (SSSR count). The van der Waals surface area contributed by atoms with Gasteiger partial charge in [0.25, 0.3) is 5.91 Å². The van der Waals surface area contributed by atoms with E-state index in [1.807, 2.05) is 61.7 Å². The average molecular weight is 518 g/mol. The number of fused-ring (bicyclic) bond motifs is 1. The van der Waals surface area contributed by atoms with E-state index in [4.69, 9.17) is 9.52 Å². The van der Waals surface area contributed by atoms with Crippen molar-refractivity contribution in [1.82, 2.24) is 15.1 Å². The third-order valence-corrected chi connectivity index (χ3v) is 6.28. The number of benzene rings is 3. The number of furan rings is 1. The lowest BCUT2D eigenvalue weighted by Gasteiger charge is -2.06. The highest BCUT2D eigenvalue weighted by Crippen LogP contribution is 2.29. The number of aromatic nitrogens is 2. The van der Waals surface area contributed by atoms with Crippen molar-refractivity contribution in [3.63, 3.8) is 0 Å². The quantitative estimate of drug-likeness (QED) is 0.281. The van der Waals surface area contributed by atoms with Crippen LogP contribution >= 0.6 is 15.9 Å². The van der Waals surface area contributed by atoms with Crippen molar-refractivity contribution in [2.75, 3.05) is 0 Å². The van der Waals surface area contributed by atoms with Crippen LogP contribution in [0.2, 0.25) is 0 Å². The van der Waals surface area contributed by atoms with Gasteiger partial charge in [-0.2, -0.15) is 5.10 Å². The van der Waals surface area contributed by atoms with Gasteiger partial charge in [0.2, 0.25) is 0 Å². The van der Waals surface area contributed by atoms with Crippen molar-refractivity contribution in [2.45, 2.75) is 20.4 Å². The van der Waals surface area contributed by atoms with Crippen LogP contribution < -0.4 is 5.32 Å². The van der Waals surface area contributed by atoms with E-state index in [-0.39, 0.29) is 24.0 Å². The third kappa shape index (κ3) is 4.15. The zero-order valence-electron chi connectivity index (χ0n) is 18.6. The third-order valence-electron chi connectivity index (χ3n) is 5.79. The molecule has 0 bridgehead atoms. The number of para-hydroxylation sites is 1. The number of nitrogens with one attached hydrogen (secondary N) is 1. The monoisotopic (exact) mass is 517 g/mol. The first-order valence-electron chi connectivity index (χ1n) is 10.8. The highest BCUT2D eigenvalue weighted by Gasteiger charge is 2.20. The maximum Gasteiger partial charge on any atom is 0.287 e. The van der Waals surface area contributed by atoms with E-state index < -0.39 is 0 Å². The van der Waals surface area contributed by atoms with Gasteiger partial charge in [0.05, 0.1) is 11.4 Å². The fraction of sp³-hybridized carbons (Fsp3) is 0.111. The topological polar surface area (TPSA) is 60.1 Å². The van der Waals surface area contributed by atoms with Crippen LogP contribution in [-0.2, 0) is 6.54 Å². The first-order valence-corrected chi connectivity index (χ1v) is 11.6. The Balaban J connectivity index is 1.48. The Morgan fingerprint density at radius 3 is 2.65 bits per heavy atom. The molecule has 0 saturated carbocycles. The average Bonchev–Trinajstić information content (AvgIpc) is 3.41. The Morgan fingerprint density at radius 2 is 1.88 bits per heavy atom. The van der Waals surface area contributed by atoms with Crippen LogP contribution in [0.15, 0.2) is 81.8 Å². The van der Waals surface area contributed by atoms with Crippen LogP contribution in [-0.4, -0.2) is 15.7 Å². The molecule has 1 N–H and O–H groups in total. The Kier molecular flexibility index (Phi) is 5.79. The van der Waals surface area contributed by atoms with Crippen LogP contribution in [0.4, 0.5) is 4.39 Å². The van der Waals surface area contributed by atoms with Gasteiger partial charge in [-0.3, -0.25) is 4.79 Å². The van der Waals surface area contributed by atoms with Crippen LogP contribution in [0.25, 0.3) is 27.9 Å². The lowest BCUT2D eigenvalue weighted by atomic mass is 10.1. The molecular weight excluding hydrogens is 497 g/mol. The number of carbonyl (C=O) groups is 1.